The Morgan fingerprint density at radius 1 is 0.622 bits per heavy atom. The second-order valence-corrected chi connectivity index (χ2v) is 15.7. The van der Waals surface area contributed by atoms with E-state index >= 15 is 0 Å². The summed E-state index contributed by atoms with van der Waals surface area (Å²) in [5.74, 6) is 2.19. The highest BCUT2D eigenvalue weighted by atomic mass is 32.2. The molecule has 1 aliphatic rings. The summed E-state index contributed by atoms with van der Waals surface area (Å²) < 4.78 is 40.7. The molecule has 45 heavy (non-hydrogen) atoms. The van der Waals surface area contributed by atoms with Gasteiger partial charge in [0.1, 0.15) is 0 Å². The molecule has 0 bridgehead atoms. The third-order valence-corrected chi connectivity index (χ3v) is 12.6. The van der Waals surface area contributed by atoms with Crippen LogP contribution in [-0.2, 0) is 33.2 Å². The number of aliphatic hydroxyl groups excluding tert-OH is 1. The molecule has 8 nitrogen and oxygen atoms in total. The summed E-state index contributed by atoms with van der Waals surface area (Å²) in [5, 5.41) is 11.4. The van der Waals surface area contributed by atoms with E-state index in [9.17, 15) is 5.11 Å². The van der Waals surface area contributed by atoms with E-state index in [0.29, 0.717) is 25.4 Å². The Morgan fingerprint density at radius 2 is 1.09 bits per heavy atom. The monoisotopic (exact) mass is 680 g/mol. The van der Waals surface area contributed by atoms with Gasteiger partial charge in [-0.1, -0.05) is 19.4 Å². The molecule has 1 rings (SSSR count). The molecule has 10 heteroatoms. The second kappa shape index (κ2) is 26.0. The van der Waals surface area contributed by atoms with Crippen LogP contribution in [0.4, 0.5) is 0 Å². The summed E-state index contributed by atoms with van der Waals surface area (Å²) in [6.45, 7) is 6.04. The van der Waals surface area contributed by atoms with Gasteiger partial charge in [-0.05, 0) is 88.6 Å². The molecule has 0 amide bonds. The smallest absolute Gasteiger partial charge is 0.0660 e. The van der Waals surface area contributed by atoms with Crippen molar-refractivity contribution in [2.75, 3.05) is 61.3 Å². The van der Waals surface area contributed by atoms with Gasteiger partial charge in [0, 0.05) is 56.2 Å². The number of hydrogen-bond donors (Lipinski definition) is 1. The van der Waals surface area contributed by atoms with Gasteiger partial charge in [-0.25, -0.2) is 0 Å². The minimum Gasteiger partial charge on any atom is -0.393 e. The number of ether oxygens (including phenoxy) is 7. The maximum atomic E-state index is 11.4. The fourth-order valence-corrected chi connectivity index (χ4v) is 9.98. The summed E-state index contributed by atoms with van der Waals surface area (Å²) in [4.78, 5) is 0. The summed E-state index contributed by atoms with van der Waals surface area (Å²) in [6.07, 6.45) is 14.4. The fourth-order valence-electron chi connectivity index (χ4n) is 6.41. The Hall–Kier alpha value is 0.120. The summed E-state index contributed by atoms with van der Waals surface area (Å²) in [6, 6.07) is 0. The predicted octanol–water partition coefficient (Wildman–Crippen LogP) is 7.30. The molecule has 0 radical (unpaired) electrons. The first kappa shape index (κ1) is 43.1. The third-order valence-electron chi connectivity index (χ3n) is 9.17. The Kier molecular flexibility index (Phi) is 25.0. The van der Waals surface area contributed by atoms with Crippen LogP contribution in [0.5, 0.6) is 0 Å². The molecule has 1 fully saturated rings. The van der Waals surface area contributed by atoms with Crippen molar-refractivity contribution in [3.63, 3.8) is 0 Å². The predicted molar refractivity (Wildman–Crippen MR) is 190 cm³/mol. The van der Waals surface area contributed by atoms with Gasteiger partial charge in [0.25, 0.3) is 0 Å². The van der Waals surface area contributed by atoms with Crippen molar-refractivity contribution in [2.24, 2.45) is 0 Å². The van der Waals surface area contributed by atoms with E-state index in [0.717, 1.165) is 75.7 Å². The summed E-state index contributed by atoms with van der Waals surface area (Å²) in [5.41, 5.74) is 0. The highest BCUT2D eigenvalue weighted by Gasteiger charge is 2.39. The Bertz CT molecular complexity index is 711. The van der Waals surface area contributed by atoms with Gasteiger partial charge in [-0.3, -0.25) is 0 Å². The quantitative estimate of drug-likeness (QED) is 0.0813. The van der Waals surface area contributed by atoms with Crippen molar-refractivity contribution < 1.29 is 38.3 Å². The van der Waals surface area contributed by atoms with E-state index in [1.807, 2.05) is 36.7 Å². The van der Waals surface area contributed by atoms with Crippen molar-refractivity contribution in [3.05, 3.63) is 12.7 Å². The van der Waals surface area contributed by atoms with Gasteiger partial charge in [-0.15, -0.1) is 30.1 Å². The first-order valence-corrected chi connectivity index (χ1v) is 19.0. The maximum absolute atomic E-state index is 11.4. The number of rotatable bonds is 29. The maximum Gasteiger partial charge on any atom is 0.0660 e. The molecule has 1 heterocycles. The molecule has 1 N–H and O–H groups in total. The van der Waals surface area contributed by atoms with Crippen LogP contribution in [0.2, 0.25) is 0 Å². The topological polar surface area (TPSA) is 84.8 Å². The normalized spacial score (nSPS) is 20.6. The number of thioether (sulfide) groups is 2. The Labute approximate surface area is 284 Å². The Balaban J connectivity index is 2.81. The van der Waals surface area contributed by atoms with E-state index in [-0.39, 0.29) is 40.7 Å². The third kappa shape index (κ3) is 17.9. The summed E-state index contributed by atoms with van der Waals surface area (Å²) >= 11 is 3.96. The van der Waals surface area contributed by atoms with E-state index in [4.69, 9.17) is 33.2 Å². The first-order chi connectivity index (χ1) is 21.7. The molecule has 0 saturated carbocycles. The fraction of sp³-hybridized carbons (Fsp3) is 0.943. The zero-order chi connectivity index (χ0) is 33.5. The summed E-state index contributed by atoms with van der Waals surface area (Å²) in [7, 11) is 12.4. The zero-order valence-corrected chi connectivity index (χ0v) is 31.5. The number of aliphatic hydroxyl groups is 1. The number of methoxy groups -OCH3 is 7. The van der Waals surface area contributed by atoms with Crippen molar-refractivity contribution in [3.8, 4) is 0 Å². The van der Waals surface area contributed by atoms with E-state index in [1.54, 1.807) is 42.7 Å². The van der Waals surface area contributed by atoms with Gasteiger partial charge in [0.15, 0.2) is 0 Å². The molecule has 1 saturated heterocycles. The van der Waals surface area contributed by atoms with Crippen LogP contribution in [0.1, 0.15) is 96.8 Å². The van der Waals surface area contributed by atoms with Crippen LogP contribution < -0.4 is 0 Å². The Morgan fingerprint density at radius 3 is 1.60 bits per heavy atom. The van der Waals surface area contributed by atoms with Gasteiger partial charge >= 0.3 is 0 Å². The van der Waals surface area contributed by atoms with Crippen molar-refractivity contribution in [2.45, 2.75) is 150 Å². The molecule has 0 unspecified atom stereocenters. The largest absolute Gasteiger partial charge is 0.393 e. The standard InChI is InChI=1S/C35H68O8S2/c1-10-14-28(37-3)16-12-17-30(39-5)22-33(42-8)24-34(43-9)26-35(44-18-13-19-45-35)25-27(36)20-31(40-6)23-32(41-7)21-29(38-4)15-11-2/h11,27-34,36H,2,10,12-26H2,1,3-9H3/t27-,28+,29-,30+,31+,32-,33+,34+/m0/s1. The molecule has 0 aromatic carbocycles. The minimum atomic E-state index is -0.491. The lowest BCUT2D eigenvalue weighted by atomic mass is 9.95. The molecule has 8 atom stereocenters. The molecule has 1 aliphatic heterocycles. The van der Waals surface area contributed by atoms with Crippen LogP contribution in [-0.4, -0.2) is 119 Å². The lowest BCUT2D eigenvalue weighted by molar-refractivity contribution is -0.0282. The van der Waals surface area contributed by atoms with Crippen LogP contribution in [0.25, 0.3) is 0 Å². The van der Waals surface area contributed by atoms with Gasteiger partial charge in [0.2, 0.25) is 0 Å². The molecule has 0 aliphatic carbocycles. The molecule has 0 aromatic heterocycles. The van der Waals surface area contributed by atoms with Crippen LogP contribution in [0.15, 0.2) is 12.7 Å². The molecule has 268 valence electrons. The second-order valence-electron chi connectivity index (χ2n) is 12.4. The lowest BCUT2D eigenvalue weighted by Crippen LogP contribution is -2.38. The van der Waals surface area contributed by atoms with Crippen LogP contribution in [0.3, 0.4) is 0 Å². The van der Waals surface area contributed by atoms with E-state index < -0.39 is 6.10 Å². The van der Waals surface area contributed by atoms with Crippen molar-refractivity contribution in [1.29, 1.82) is 0 Å². The molecular weight excluding hydrogens is 613 g/mol. The van der Waals surface area contributed by atoms with Crippen LogP contribution >= 0.6 is 23.5 Å². The van der Waals surface area contributed by atoms with E-state index in [2.05, 4.69) is 13.5 Å². The number of hydrogen-bond acceptors (Lipinski definition) is 10. The van der Waals surface area contributed by atoms with Crippen LogP contribution in [0, 0.1) is 0 Å². The van der Waals surface area contributed by atoms with Gasteiger partial charge in [0.05, 0.1) is 52.9 Å². The zero-order valence-electron chi connectivity index (χ0n) is 29.8. The average Bonchev–Trinajstić information content (AvgIpc) is 3.05. The average molecular weight is 681 g/mol. The van der Waals surface area contributed by atoms with Gasteiger partial charge in [-0.2, -0.15) is 0 Å². The minimum absolute atomic E-state index is 0.0167. The van der Waals surface area contributed by atoms with Crippen molar-refractivity contribution in [1.82, 2.24) is 0 Å². The molecule has 0 spiro atoms. The SMILES string of the molecule is C=CC[C@@H](C[C@@H](C[C@@H](C[C@H](O)CC1(C[C@@H](C[C@@H](C[C@@H](CCC[C@@H](CCC)OC)OC)OC)OC)SCCCS1)OC)OC)OC. The highest BCUT2D eigenvalue weighted by molar-refractivity contribution is 8.18. The van der Waals surface area contributed by atoms with Gasteiger partial charge < -0.3 is 38.3 Å². The highest BCUT2D eigenvalue weighted by Crippen LogP contribution is 2.50. The van der Waals surface area contributed by atoms with E-state index in [1.165, 1.54) is 6.42 Å². The van der Waals surface area contributed by atoms with Crippen molar-refractivity contribution >= 4 is 23.5 Å². The first-order valence-electron chi connectivity index (χ1n) is 17.0. The molecule has 0 aromatic rings. The lowest BCUT2D eigenvalue weighted by Gasteiger charge is -2.40. The molecular formula is C35H68O8S2.